The number of morpholine rings is 1. The molecule has 1 aliphatic rings. The molecule has 0 amide bonds. The third kappa shape index (κ3) is 5.84. The summed E-state index contributed by atoms with van der Waals surface area (Å²) in [4.78, 5) is 2.55. The van der Waals surface area contributed by atoms with Crippen LogP contribution in [0.1, 0.15) is 47.0 Å². The van der Waals surface area contributed by atoms with E-state index < -0.39 is 0 Å². The molecule has 0 bridgehead atoms. The maximum Gasteiger partial charge on any atom is 0.0622 e. The third-order valence-electron chi connectivity index (χ3n) is 3.48. The number of nitrogens with zero attached hydrogens (tertiary/aromatic N) is 1. The number of ether oxygens (including phenoxy) is 1. The lowest BCUT2D eigenvalue weighted by Crippen LogP contribution is -2.46. The normalized spacial score (nSPS) is 24.9. The Labute approximate surface area is 107 Å². The van der Waals surface area contributed by atoms with Gasteiger partial charge in [0, 0.05) is 25.2 Å². The molecule has 0 saturated carbocycles. The van der Waals surface area contributed by atoms with E-state index in [1.54, 1.807) is 0 Å². The Balaban J connectivity index is 2.28. The summed E-state index contributed by atoms with van der Waals surface area (Å²) in [6, 6.07) is 0.931. The number of hydrogen-bond donors (Lipinski definition) is 1. The van der Waals surface area contributed by atoms with Gasteiger partial charge in [-0.1, -0.05) is 27.7 Å². The lowest BCUT2D eigenvalue weighted by molar-refractivity contribution is -0.00999. The maximum absolute atomic E-state index is 6.21. The highest BCUT2D eigenvalue weighted by molar-refractivity contribution is 4.77. The first-order valence-electron chi connectivity index (χ1n) is 6.99. The van der Waals surface area contributed by atoms with Crippen LogP contribution in [0.5, 0.6) is 0 Å². The first-order chi connectivity index (χ1) is 7.92. The summed E-state index contributed by atoms with van der Waals surface area (Å²) in [5.74, 6) is 0. The summed E-state index contributed by atoms with van der Waals surface area (Å²) < 4.78 is 5.52. The summed E-state index contributed by atoms with van der Waals surface area (Å²) >= 11 is 0. The summed E-state index contributed by atoms with van der Waals surface area (Å²) in [5.41, 5.74) is 6.55. The van der Waals surface area contributed by atoms with Gasteiger partial charge >= 0.3 is 0 Å². The van der Waals surface area contributed by atoms with E-state index in [0.29, 0.717) is 17.5 Å². The Bertz CT molecular complexity index is 213. The Morgan fingerprint density at radius 2 is 2.12 bits per heavy atom. The van der Waals surface area contributed by atoms with Crippen molar-refractivity contribution in [2.75, 3.05) is 26.3 Å². The molecular formula is C14H30N2O. The van der Waals surface area contributed by atoms with E-state index in [-0.39, 0.29) is 0 Å². The summed E-state index contributed by atoms with van der Waals surface area (Å²) in [7, 11) is 0. The zero-order valence-corrected chi connectivity index (χ0v) is 12.0. The average Bonchev–Trinajstić information content (AvgIpc) is 2.24. The SMILES string of the molecule is CCC1COCCN1CCC(N)CC(C)(C)C. The monoisotopic (exact) mass is 242 g/mol. The standard InChI is InChI=1S/C14H30N2O/c1-5-13-11-17-9-8-16(13)7-6-12(15)10-14(2,3)4/h12-13H,5-11,15H2,1-4H3. The number of rotatable bonds is 5. The molecule has 1 fully saturated rings. The topological polar surface area (TPSA) is 38.5 Å². The molecule has 3 heteroatoms. The molecule has 2 unspecified atom stereocenters. The Hall–Kier alpha value is -0.120. The van der Waals surface area contributed by atoms with Gasteiger partial charge in [-0.05, 0) is 24.7 Å². The molecule has 2 N–H and O–H groups in total. The third-order valence-corrected chi connectivity index (χ3v) is 3.48. The molecule has 2 atom stereocenters. The fourth-order valence-corrected chi connectivity index (χ4v) is 2.58. The van der Waals surface area contributed by atoms with Gasteiger partial charge in [-0.15, -0.1) is 0 Å². The van der Waals surface area contributed by atoms with Crippen molar-refractivity contribution in [1.29, 1.82) is 0 Å². The van der Waals surface area contributed by atoms with Crippen LogP contribution in [0.15, 0.2) is 0 Å². The van der Waals surface area contributed by atoms with Gasteiger partial charge in [0.1, 0.15) is 0 Å². The molecule has 1 saturated heterocycles. The molecule has 0 aromatic heterocycles. The van der Waals surface area contributed by atoms with Crippen LogP contribution in [0.4, 0.5) is 0 Å². The second-order valence-electron chi connectivity index (χ2n) is 6.49. The van der Waals surface area contributed by atoms with Crippen LogP contribution in [0.3, 0.4) is 0 Å². The summed E-state index contributed by atoms with van der Waals surface area (Å²) in [6.07, 6.45) is 3.39. The summed E-state index contributed by atoms with van der Waals surface area (Å²) in [5, 5.41) is 0. The van der Waals surface area contributed by atoms with Crippen molar-refractivity contribution in [1.82, 2.24) is 4.90 Å². The zero-order chi connectivity index (χ0) is 12.9. The number of nitrogens with two attached hydrogens (primary N) is 1. The average molecular weight is 242 g/mol. The van der Waals surface area contributed by atoms with Gasteiger partial charge in [0.25, 0.3) is 0 Å². The summed E-state index contributed by atoms with van der Waals surface area (Å²) in [6.45, 7) is 13.0. The Morgan fingerprint density at radius 3 is 2.71 bits per heavy atom. The highest BCUT2D eigenvalue weighted by atomic mass is 16.5. The predicted molar refractivity (Wildman–Crippen MR) is 73.1 cm³/mol. The van der Waals surface area contributed by atoms with Crippen molar-refractivity contribution < 1.29 is 4.74 Å². The second kappa shape index (κ2) is 6.72. The van der Waals surface area contributed by atoms with Crippen molar-refractivity contribution >= 4 is 0 Å². The molecule has 0 radical (unpaired) electrons. The Morgan fingerprint density at radius 1 is 1.41 bits per heavy atom. The highest BCUT2D eigenvalue weighted by Gasteiger charge is 2.22. The minimum absolute atomic E-state index is 0.329. The van der Waals surface area contributed by atoms with Gasteiger partial charge in [0.05, 0.1) is 13.2 Å². The van der Waals surface area contributed by atoms with Crippen molar-refractivity contribution in [2.45, 2.75) is 59.0 Å². The lowest BCUT2D eigenvalue weighted by Gasteiger charge is -2.36. The molecule has 0 aromatic carbocycles. The predicted octanol–water partition coefficient (Wildman–Crippen LogP) is 2.25. The zero-order valence-electron chi connectivity index (χ0n) is 12.0. The van der Waals surface area contributed by atoms with E-state index in [9.17, 15) is 0 Å². The largest absolute Gasteiger partial charge is 0.378 e. The molecule has 0 spiro atoms. The van der Waals surface area contributed by atoms with Gasteiger partial charge in [0.2, 0.25) is 0 Å². The van der Waals surface area contributed by atoms with E-state index in [0.717, 1.165) is 39.1 Å². The molecule has 1 rings (SSSR count). The van der Waals surface area contributed by atoms with Crippen LogP contribution in [0, 0.1) is 5.41 Å². The van der Waals surface area contributed by atoms with E-state index in [1.807, 2.05) is 0 Å². The minimum atomic E-state index is 0.329. The van der Waals surface area contributed by atoms with Crippen LogP contribution < -0.4 is 5.73 Å². The van der Waals surface area contributed by atoms with E-state index >= 15 is 0 Å². The van der Waals surface area contributed by atoms with E-state index in [1.165, 1.54) is 6.42 Å². The van der Waals surface area contributed by atoms with Gasteiger partial charge in [0.15, 0.2) is 0 Å². The van der Waals surface area contributed by atoms with Gasteiger partial charge in [-0.2, -0.15) is 0 Å². The fraction of sp³-hybridized carbons (Fsp3) is 1.00. The van der Waals surface area contributed by atoms with Crippen molar-refractivity contribution in [3.05, 3.63) is 0 Å². The van der Waals surface area contributed by atoms with Crippen LogP contribution in [0.2, 0.25) is 0 Å². The molecule has 1 aliphatic heterocycles. The highest BCUT2D eigenvalue weighted by Crippen LogP contribution is 2.21. The van der Waals surface area contributed by atoms with Crippen molar-refractivity contribution in [3.8, 4) is 0 Å². The molecule has 1 heterocycles. The lowest BCUT2D eigenvalue weighted by atomic mass is 9.87. The molecule has 0 aromatic rings. The molecule has 0 aliphatic carbocycles. The molecular weight excluding hydrogens is 212 g/mol. The van der Waals surface area contributed by atoms with Crippen LogP contribution in [-0.2, 0) is 4.74 Å². The second-order valence-corrected chi connectivity index (χ2v) is 6.49. The van der Waals surface area contributed by atoms with E-state index in [2.05, 4.69) is 32.6 Å². The first kappa shape index (κ1) is 14.9. The van der Waals surface area contributed by atoms with Crippen LogP contribution in [-0.4, -0.2) is 43.3 Å². The molecule has 3 nitrogen and oxygen atoms in total. The maximum atomic E-state index is 6.21. The van der Waals surface area contributed by atoms with Crippen LogP contribution in [0.25, 0.3) is 0 Å². The molecule has 102 valence electrons. The smallest absolute Gasteiger partial charge is 0.0622 e. The quantitative estimate of drug-likeness (QED) is 0.803. The minimum Gasteiger partial charge on any atom is -0.378 e. The Kier molecular flexibility index (Phi) is 5.90. The fourth-order valence-electron chi connectivity index (χ4n) is 2.58. The van der Waals surface area contributed by atoms with Crippen molar-refractivity contribution in [3.63, 3.8) is 0 Å². The van der Waals surface area contributed by atoms with E-state index in [4.69, 9.17) is 10.5 Å². The molecule has 17 heavy (non-hydrogen) atoms. The van der Waals surface area contributed by atoms with Gasteiger partial charge < -0.3 is 10.5 Å². The van der Waals surface area contributed by atoms with Gasteiger partial charge in [-0.3, -0.25) is 4.90 Å². The first-order valence-corrected chi connectivity index (χ1v) is 6.99. The van der Waals surface area contributed by atoms with Crippen molar-refractivity contribution in [2.24, 2.45) is 11.1 Å². The van der Waals surface area contributed by atoms with Gasteiger partial charge in [-0.25, -0.2) is 0 Å². The van der Waals surface area contributed by atoms with Crippen LogP contribution >= 0.6 is 0 Å². The number of hydrogen-bond acceptors (Lipinski definition) is 3.